The second kappa shape index (κ2) is 11.4. The molecule has 57 heavy (non-hydrogen) atoms. The highest BCUT2D eigenvalue weighted by Crippen LogP contribution is 2.44. The minimum atomic E-state index is 0.606. The van der Waals surface area contributed by atoms with Crippen molar-refractivity contribution in [2.24, 2.45) is 0 Å². The van der Waals surface area contributed by atoms with Crippen molar-refractivity contribution in [1.82, 2.24) is 24.5 Å². The molecule has 0 bridgehead atoms. The first kappa shape index (κ1) is 30.6. The fourth-order valence-corrected chi connectivity index (χ4v) is 9.61. The van der Waals surface area contributed by atoms with Crippen molar-refractivity contribution in [2.45, 2.75) is 0 Å². The van der Waals surface area contributed by atoms with Crippen LogP contribution in [-0.4, -0.2) is 24.5 Å². The standard InChI is InChI=1S/C52H29N5/c1-2-15-33-31(13-1)32-14-3-4-18-36(32)42-27-30(25-26-37(33)42)51-53-28-43-47-40-21-7-5-16-34(40)35-17-6-8-22-41(35)48(47)44-29-54-52(56-50(44)49(43)55-51)57-45-23-11-9-19-38(45)39-20-10-12-24-46(39)57/h1-29H. The molecule has 13 rings (SSSR count). The lowest BCUT2D eigenvalue weighted by atomic mass is 9.90. The van der Waals surface area contributed by atoms with Gasteiger partial charge in [0.15, 0.2) is 5.82 Å². The molecule has 5 nitrogen and oxygen atoms in total. The van der Waals surface area contributed by atoms with Gasteiger partial charge in [0.05, 0.1) is 11.0 Å². The van der Waals surface area contributed by atoms with Crippen molar-refractivity contribution in [2.75, 3.05) is 0 Å². The van der Waals surface area contributed by atoms with Gasteiger partial charge in [0.2, 0.25) is 5.95 Å². The molecule has 3 aromatic heterocycles. The van der Waals surface area contributed by atoms with Crippen LogP contribution in [0.15, 0.2) is 176 Å². The average molecular weight is 724 g/mol. The molecule has 0 N–H and O–H groups in total. The minimum absolute atomic E-state index is 0.606. The number of hydrogen-bond acceptors (Lipinski definition) is 4. The fourth-order valence-electron chi connectivity index (χ4n) is 9.61. The third-order valence-electron chi connectivity index (χ3n) is 12.0. The molecule has 3 heterocycles. The van der Waals surface area contributed by atoms with E-state index in [0.29, 0.717) is 11.8 Å². The van der Waals surface area contributed by atoms with Gasteiger partial charge in [0.1, 0.15) is 11.0 Å². The lowest BCUT2D eigenvalue weighted by Crippen LogP contribution is -2.03. The Morgan fingerprint density at radius 2 is 0.719 bits per heavy atom. The zero-order valence-corrected chi connectivity index (χ0v) is 30.5. The van der Waals surface area contributed by atoms with Gasteiger partial charge in [0, 0.05) is 50.3 Å². The van der Waals surface area contributed by atoms with E-state index in [0.717, 1.165) is 59.9 Å². The Bertz CT molecular complexity index is 3790. The molecule has 0 aliphatic rings. The predicted octanol–water partition coefficient (Wildman–Crippen LogP) is 13.3. The van der Waals surface area contributed by atoms with E-state index in [1.165, 1.54) is 53.9 Å². The summed E-state index contributed by atoms with van der Waals surface area (Å²) in [5.74, 6) is 1.26. The minimum Gasteiger partial charge on any atom is -0.278 e. The molecule has 0 spiro atoms. The molecule has 0 saturated heterocycles. The normalized spacial score (nSPS) is 12.2. The molecule has 0 amide bonds. The van der Waals surface area contributed by atoms with Gasteiger partial charge in [-0.1, -0.05) is 146 Å². The van der Waals surface area contributed by atoms with Gasteiger partial charge in [-0.05, 0) is 72.1 Å². The molecule has 0 fully saturated rings. The number of nitrogens with zero attached hydrogens (tertiary/aromatic N) is 5. The van der Waals surface area contributed by atoms with Crippen LogP contribution >= 0.6 is 0 Å². The van der Waals surface area contributed by atoms with Crippen molar-refractivity contribution in [3.8, 4) is 17.3 Å². The molecule has 0 unspecified atom stereocenters. The molecular formula is C52H29N5. The van der Waals surface area contributed by atoms with E-state index >= 15 is 0 Å². The van der Waals surface area contributed by atoms with Crippen LogP contribution < -0.4 is 0 Å². The maximum atomic E-state index is 5.50. The number of rotatable bonds is 2. The lowest BCUT2D eigenvalue weighted by Gasteiger charge is -2.16. The summed E-state index contributed by atoms with van der Waals surface area (Å²) in [5.41, 5.74) is 4.68. The Morgan fingerprint density at radius 1 is 0.316 bits per heavy atom. The first-order valence-corrected chi connectivity index (χ1v) is 19.3. The number of fused-ring (bicyclic) bond motifs is 20. The summed E-state index contributed by atoms with van der Waals surface area (Å²) in [6.45, 7) is 0. The highest BCUT2D eigenvalue weighted by Gasteiger charge is 2.21. The van der Waals surface area contributed by atoms with E-state index in [2.05, 4.69) is 168 Å². The van der Waals surface area contributed by atoms with Gasteiger partial charge in [-0.3, -0.25) is 4.57 Å². The van der Waals surface area contributed by atoms with Crippen LogP contribution in [0, 0.1) is 0 Å². The van der Waals surface area contributed by atoms with Gasteiger partial charge < -0.3 is 0 Å². The summed E-state index contributed by atoms with van der Waals surface area (Å²) >= 11 is 0. The van der Waals surface area contributed by atoms with E-state index in [9.17, 15) is 0 Å². The second-order valence-electron chi connectivity index (χ2n) is 15.0. The monoisotopic (exact) mass is 723 g/mol. The summed E-state index contributed by atoms with van der Waals surface area (Å²) in [6.07, 6.45) is 4.03. The van der Waals surface area contributed by atoms with Crippen molar-refractivity contribution in [1.29, 1.82) is 0 Å². The average Bonchev–Trinajstić information content (AvgIpc) is 3.63. The van der Waals surface area contributed by atoms with Gasteiger partial charge in [-0.25, -0.2) is 19.9 Å². The molecule has 0 radical (unpaired) electrons. The quantitative estimate of drug-likeness (QED) is 0.167. The first-order valence-electron chi connectivity index (χ1n) is 19.3. The topological polar surface area (TPSA) is 56.5 Å². The lowest BCUT2D eigenvalue weighted by molar-refractivity contribution is 1.01. The Hall–Kier alpha value is -7.76. The van der Waals surface area contributed by atoms with Crippen LogP contribution in [-0.2, 0) is 0 Å². The number of aromatic nitrogens is 5. The highest BCUT2D eigenvalue weighted by atomic mass is 15.2. The molecule has 13 aromatic rings. The van der Waals surface area contributed by atoms with Crippen molar-refractivity contribution >= 4 is 108 Å². The molecule has 0 atom stereocenters. The fraction of sp³-hybridized carbons (Fsp3) is 0. The van der Waals surface area contributed by atoms with Crippen LogP contribution in [0.3, 0.4) is 0 Å². The molecule has 0 saturated carbocycles. The van der Waals surface area contributed by atoms with Crippen LogP contribution in [0.25, 0.3) is 126 Å². The number of hydrogen-bond donors (Lipinski definition) is 0. The largest absolute Gasteiger partial charge is 0.278 e. The second-order valence-corrected chi connectivity index (χ2v) is 15.0. The van der Waals surface area contributed by atoms with Crippen LogP contribution in [0.1, 0.15) is 0 Å². The van der Waals surface area contributed by atoms with Gasteiger partial charge in [0.25, 0.3) is 0 Å². The van der Waals surface area contributed by atoms with E-state index in [1.807, 2.05) is 12.4 Å². The summed E-state index contributed by atoms with van der Waals surface area (Å²) in [4.78, 5) is 21.3. The Kier molecular flexibility index (Phi) is 6.10. The third kappa shape index (κ3) is 4.17. The van der Waals surface area contributed by atoms with Gasteiger partial charge >= 0.3 is 0 Å². The molecule has 262 valence electrons. The molecular weight excluding hydrogens is 695 g/mol. The van der Waals surface area contributed by atoms with Crippen LogP contribution in [0.5, 0.6) is 0 Å². The maximum Gasteiger partial charge on any atom is 0.235 e. The summed E-state index contributed by atoms with van der Waals surface area (Å²) < 4.78 is 2.18. The van der Waals surface area contributed by atoms with Crippen molar-refractivity contribution in [3.63, 3.8) is 0 Å². The highest BCUT2D eigenvalue weighted by molar-refractivity contribution is 6.38. The van der Waals surface area contributed by atoms with E-state index in [4.69, 9.17) is 19.9 Å². The Balaban J connectivity index is 1.17. The first-order chi connectivity index (χ1) is 28.3. The SMILES string of the molecule is c1ccc2c(c1)c1ccccc1c1cc(-c3ncc4c(n3)c3nc(-n5c6ccccc6c6ccccc65)ncc3c3c5ccccc5c5ccccc5c43)ccc21. The Labute approximate surface area is 325 Å². The molecule has 10 aromatic carbocycles. The third-order valence-corrected chi connectivity index (χ3v) is 12.0. The van der Waals surface area contributed by atoms with Crippen LogP contribution in [0.4, 0.5) is 0 Å². The van der Waals surface area contributed by atoms with E-state index in [-0.39, 0.29) is 0 Å². The molecule has 0 aliphatic heterocycles. The summed E-state index contributed by atoms with van der Waals surface area (Å²) in [6, 6.07) is 58.3. The predicted molar refractivity (Wildman–Crippen MR) is 237 cm³/mol. The zero-order valence-electron chi connectivity index (χ0n) is 30.5. The molecule has 0 aliphatic carbocycles. The van der Waals surface area contributed by atoms with Crippen LogP contribution in [0.2, 0.25) is 0 Å². The maximum absolute atomic E-state index is 5.50. The van der Waals surface area contributed by atoms with Gasteiger partial charge in [-0.2, -0.15) is 0 Å². The van der Waals surface area contributed by atoms with E-state index in [1.54, 1.807) is 0 Å². The molecule has 5 heteroatoms. The number of benzene rings is 10. The van der Waals surface area contributed by atoms with Crippen molar-refractivity contribution in [3.05, 3.63) is 176 Å². The summed E-state index contributed by atoms with van der Waals surface area (Å²) in [7, 11) is 0. The van der Waals surface area contributed by atoms with E-state index < -0.39 is 0 Å². The summed E-state index contributed by atoms with van der Waals surface area (Å²) in [5, 5.41) is 18.5. The smallest absolute Gasteiger partial charge is 0.235 e. The van der Waals surface area contributed by atoms with Gasteiger partial charge in [-0.15, -0.1) is 0 Å². The Morgan fingerprint density at radius 3 is 1.26 bits per heavy atom. The number of para-hydroxylation sites is 2. The van der Waals surface area contributed by atoms with Crippen molar-refractivity contribution < 1.29 is 0 Å². The zero-order chi connectivity index (χ0) is 37.2.